The van der Waals surface area contributed by atoms with Gasteiger partial charge in [0.25, 0.3) is 0 Å². The van der Waals surface area contributed by atoms with E-state index in [0.717, 1.165) is 0 Å². The van der Waals surface area contributed by atoms with Crippen LogP contribution >= 0.6 is 0 Å². The summed E-state index contributed by atoms with van der Waals surface area (Å²) in [6.07, 6.45) is 0.240. The number of nitrogens with zero attached hydrogens (tertiary/aromatic N) is 2. The van der Waals surface area contributed by atoms with Gasteiger partial charge >= 0.3 is 0 Å². The minimum absolute atomic E-state index is 0.0866. The normalized spacial score (nSPS) is 10.5. The second-order valence-electron chi connectivity index (χ2n) is 4.44. The summed E-state index contributed by atoms with van der Waals surface area (Å²) in [5.74, 6) is 0.817. The van der Waals surface area contributed by atoms with Gasteiger partial charge in [-0.1, -0.05) is 5.16 Å². The molecule has 0 aromatic carbocycles. The summed E-state index contributed by atoms with van der Waals surface area (Å²) < 4.78 is 4.92. The highest BCUT2D eigenvalue weighted by Gasteiger charge is 2.16. The molecule has 0 atom stereocenters. The molecule has 0 spiro atoms. The molecule has 0 aliphatic rings. The van der Waals surface area contributed by atoms with E-state index in [4.69, 9.17) is 4.52 Å². The van der Waals surface area contributed by atoms with Crippen LogP contribution in [0.15, 0.2) is 10.6 Å². The van der Waals surface area contributed by atoms with Gasteiger partial charge in [-0.2, -0.15) is 0 Å². The molecular formula is C12H19N3O3. The largest absolute Gasteiger partial charge is 0.360 e. The first kappa shape index (κ1) is 14.2. The highest BCUT2D eigenvalue weighted by atomic mass is 16.5. The van der Waals surface area contributed by atoms with Crippen LogP contribution in [0.25, 0.3) is 0 Å². The van der Waals surface area contributed by atoms with Gasteiger partial charge in [0, 0.05) is 32.0 Å². The number of carbonyl (C=O) groups is 2. The van der Waals surface area contributed by atoms with Crippen LogP contribution < -0.4 is 10.2 Å². The number of hydrogen-bond donors (Lipinski definition) is 1. The minimum atomic E-state index is -0.166. The van der Waals surface area contributed by atoms with Crippen molar-refractivity contribution in [3.05, 3.63) is 11.8 Å². The summed E-state index contributed by atoms with van der Waals surface area (Å²) in [4.78, 5) is 24.5. The van der Waals surface area contributed by atoms with E-state index in [1.165, 1.54) is 11.8 Å². The maximum absolute atomic E-state index is 11.5. The Labute approximate surface area is 106 Å². The first-order chi connectivity index (χ1) is 8.40. The Bertz CT molecular complexity index is 426. The van der Waals surface area contributed by atoms with Gasteiger partial charge < -0.3 is 9.84 Å². The Hall–Kier alpha value is -1.85. The molecule has 0 fully saturated rings. The number of hydrogen-bond acceptors (Lipinski definition) is 4. The summed E-state index contributed by atoms with van der Waals surface area (Å²) in [5.41, 5.74) is 0. The van der Waals surface area contributed by atoms with Crippen LogP contribution in [0.5, 0.6) is 0 Å². The van der Waals surface area contributed by atoms with Crippen molar-refractivity contribution >= 4 is 17.6 Å². The first-order valence-electron chi connectivity index (χ1n) is 5.91. The third-order valence-corrected chi connectivity index (χ3v) is 2.28. The number of anilines is 1. The molecule has 1 aromatic rings. The Morgan fingerprint density at radius 3 is 2.61 bits per heavy atom. The van der Waals surface area contributed by atoms with Crippen molar-refractivity contribution < 1.29 is 14.1 Å². The fourth-order valence-electron chi connectivity index (χ4n) is 1.52. The Morgan fingerprint density at radius 2 is 2.17 bits per heavy atom. The Balaban J connectivity index is 2.60. The molecule has 6 heteroatoms. The topological polar surface area (TPSA) is 75.4 Å². The second-order valence-corrected chi connectivity index (χ2v) is 4.44. The molecule has 0 aliphatic carbocycles. The lowest BCUT2D eigenvalue weighted by atomic mass is 10.3. The summed E-state index contributed by atoms with van der Waals surface area (Å²) >= 11 is 0. The average molecular weight is 253 g/mol. The molecule has 18 heavy (non-hydrogen) atoms. The van der Waals surface area contributed by atoms with Gasteiger partial charge in [0.15, 0.2) is 5.82 Å². The summed E-state index contributed by atoms with van der Waals surface area (Å²) in [6, 6.07) is 1.76. The van der Waals surface area contributed by atoms with Crippen molar-refractivity contribution in [3.8, 4) is 0 Å². The van der Waals surface area contributed by atoms with Gasteiger partial charge in [0.05, 0.1) is 0 Å². The predicted molar refractivity (Wildman–Crippen MR) is 67.2 cm³/mol. The van der Waals surface area contributed by atoms with E-state index in [-0.39, 0.29) is 24.3 Å². The van der Waals surface area contributed by atoms with Crippen LogP contribution in [0, 0.1) is 6.92 Å². The first-order valence-corrected chi connectivity index (χ1v) is 5.91. The van der Waals surface area contributed by atoms with Crippen LogP contribution in [0.1, 0.15) is 33.0 Å². The van der Waals surface area contributed by atoms with E-state index in [2.05, 4.69) is 10.5 Å². The van der Waals surface area contributed by atoms with Gasteiger partial charge in [0.2, 0.25) is 11.8 Å². The van der Waals surface area contributed by atoms with E-state index in [9.17, 15) is 9.59 Å². The minimum Gasteiger partial charge on any atom is -0.360 e. The lowest BCUT2D eigenvalue weighted by Gasteiger charge is -2.17. The second kappa shape index (κ2) is 6.18. The monoisotopic (exact) mass is 253 g/mol. The van der Waals surface area contributed by atoms with Crippen LogP contribution in [0.2, 0.25) is 0 Å². The average Bonchev–Trinajstić information content (AvgIpc) is 2.63. The van der Waals surface area contributed by atoms with Crippen LogP contribution in [0.4, 0.5) is 5.82 Å². The molecule has 0 saturated heterocycles. The van der Waals surface area contributed by atoms with Crippen LogP contribution in [0.3, 0.4) is 0 Å². The molecule has 0 aliphatic heterocycles. The van der Waals surface area contributed by atoms with Gasteiger partial charge in [-0.15, -0.1) is 0 Å². The fraction of sp³-hybridized carbons (Fsp3) is 0.583. The van der Waals surface area contributed by atoms with Crippen molar-refractivity contribution in [2.45, 2.75) is 40.2 Å². The Morgan fingerprint density at radius 1 is 1.50 bits per heavy atom. The highest BCUT2D eigenvalue weighted by molar-refractivity contribution is 5.91. The number of aryl methyl sites for hydroxylation is 1. The SMILES string of the molecule is CC(=O)N(CCC(=O)NC(C)C)c1cc(C)on1. The summed E-state index contributed by atoms with van der Waals surface area (Å²) in [7, 11) is 0. The van der Waals surface area contributed by atoms with E-state index in [0.29, 0.717) is 18.1 Å². The zero-order valence-electron chi connectivity index (χ0n) is 11.2. The zero-order chi connectivity index (χ0) is 13.7. The van der Waals surface area contributed by atoms with E-state index < -0.39 is 0 Å². The maximum atomic E-state index is 11.5. The molecule has 0 bridgehead atoms. The van der Waals surface area contributed by atoms with Crippen LogP contribution in [-0.4, -0.2) is 29.6 Å². The van der Waals surface area contributed by atoms with Crippen molar-refractivity contribution in [2.75, 3.05) is 11.4 Å². The molecule has 1 rings (SSSR count). The number of nitrogens with one attached hydrogen (secondary N) is 1. The van der Waals surface area contributed by atoms with E-state index in [1.807, 2.05) is 13.8 Å². The molecule has 0 saturated carbocycles. The number of rotatable bonds is 5. The molecular weight excluding hydrogens is 234 g/mol. The predicted octanol–water partition coefficient (Wildman–Crippen LogP) is 1.25. The fourth-order valence-corrected chi connectivity index (χ4v) is 1.52. The maximum Gasteiger partial charge on any atom is 0.225 e. The molecule has 1 aromatic heterocycles. The quantitative estimate of drug-likeness (QED) is 0.857. The van der Waals surface area contributed by atoms with Gasteiger partial charge in [-0.3, -0.25) is 14.5 Å². The Kier molecular flexibility index (Phi) is 4.88. The van der Waals surface area contributed by atoms with E-state index >= 15 is 0 Å². The zero-order valence-corrected chi connectivity index (χ0v) is 11.2. The molecule has 0 unspecified atom stereocenters. The van der Waals surface area contributed by atoms with Gasteiger partial charge in [-0.05, 0) is 20.8 Å². The third-order valence-electron chi connectivity index (χ3n) is 2.28. The van der Waals surface area contributed by atoms with Crippen molar-refractivity contribution in [1.82, 2.24) is 10.5 Å². The smallest absolute Gasteiger partial charge is 0.225 e. The number of aromatic nitrogens is 1. The van der Waals surface area contributed by atoms with Crippen LogP contribution in [-0.2, 0) is 9.59 Å². The number of carbonyl (C=O) groups excluding carboxylic acids is 2. The lowest BCUT2D eigenvalue weighted by Crippen LogP contribution is -2.36. The van der Waals surface area contributed by atoms with E-state index in [1.54, 1.807) is 13.0 Å². The third kappa shape index (κ3) is 4.20. The molecule has 100 valence electrons. The molecule has 2 amide bonds. The number of amides is 2. The molecule has 0 radical (unpaired) electrons. The lowest BCUT2D eigenvalue weighted by molar-refractivity contribution is -0.121. The standard InChI is InChI=1S/C12H19N3O3/c1-8(2)13-12(17)5-6-15(10(4)16)11-7-9(3)18-14-11/h7-8H,5-6H2,1-4H3,(H,13,17). The summed E-state index contributed by atoms with van der Waals surface area (Å²) in [6.45, 7) is 7.26. The molecule has 1 heterocycles. The van der Waals surface area contributed by atoms with Gasteiger partial charge in [-0.25, -0.2) is 0 Å². The van der Waals surface area contributed by atoms with Gasteiger partial charge in [0.1, 0.15) is 5.76 Å². The molecule has 6 nitrogen and oxygen atoms in total. The van der Waals surface area contributed by atoms with Crippen molar-refractivity contribution in [2.24, 2.45) is 0 Å². The van der Waals surface area contributed by atoms with Crippen molar-refractivity contribution in [3.63, 3.8) is 0 Å². The highest BCUT2D eigenvalue weighted by Crippen LogP contribution is 2.14. The summed E-state index contributed by atoms with van der Waals surface area (Å²) in [5, 5.41) is 6.55. The van der Waals surface area contributed by atoms with Crippen molar-refractivity contribution in [1.29, 1.82) is 0 Å². The molecule has 1 N–H and O–H groups in total.